The van der Waals surface area contributed by atoms with E-state index < -0.39 is 5.60 Å². The summed E-state index contributed by atoms with van der Waals surface area (Å²) in [5, 5.41) is 10.6. The lowest BCUT2D eigenvalue weighted by atomic mass is 9.94. The van der Waals surface area contributed by atoms with Crippen LogP contribution < -0.4 is 5.73 Å². The molecule has 1 aliphatic rings. The summed E-state index contributed by atoms with van der Waals surface area (Å²) >= 11 is 0. The fourth-order valence-corrected chi connectivity index (χ4v) is 2.70. The number of nitrogens with two attached hydrogens (primary N) is 1. The van der Waals surface area contributed by atoms with Gasteiger partial charge in [0.2, 0.25) is 0 Å². The first-order valence-corrected chi connectivity index (χ1v) is 6.73. The van der Waals surface area contributed by atoms with E-state index in [9.17, 15) is 5.11 Å². The van der Waals surface area contributed by atoms with Crippen molar-refractivity contribution in [1.29, 1.82) is 0 Å². The Bertz CT molecular complexity index is 373. The van der Waals surface area contributed by atoms with Gasteiger partial charge in [-0.3, -0.25) is 4.90 Å². The number of hydrogen-bond donors (Lipinski definition) is 2. The first-order chi connectivity index (χ1) is 8.54. The van der Waals surface area contributed by atoms with E-state index in [1.54, 1.807) is 0 Å². The molecule has 2 rings (SSSR count). The van der Waals surface area contributed by atoms with Crippen molar-refractivity contribution in [1.82, 2.24) is 4.90 Å². The van der Waals surface area contributed by atoms with Gasteiger partial charge in [-0.2, -0.15) is 0 Å². The van der Waals surface area contributed by atoms with E-state index in [-0.39, 0.29) is 0 Å². The molecular weight excluding hydrogens is 224 g/mol. The largest absolute Gasteiger partial charge is 0.384 e. The SMILES string of the molecule is CN(CC(C)(O)c1ccccc1)C(CN)C1CC1. The topological polar surface area (TPSA) is 49.5 Å². The van der Waals surface area contributed by atoms with Crippen molar-refractivity contribution in [3.63, 3.8) is 0 Å². The molecule has 0 spiro atoms. The normalized spacial score (nSPS) is 20.7. The lowest BCUT2D eigenvalue weighted by Crippen LogP contribution is -2.46. The summed E-state index contributed by atoms with van der Waals surface area (Å²) in [5.41, 5.74) is 5.99. The molecular formula is C15H24N2O. The van der Waals surface area contributed by atoms with E-state index in [1.807, 2.05) is 37.3 Å². The molecule has 3 heteroatoms. The molecule has 100 valence electrons. The van der Waals surface area contributed by atoms with E-state index in [0.29, 0.717) is 19.1 Å². The van der Waals surface area contributed by atoms with Crippen LogP contribution in [-0.2, 0) is 5.60 Å². The van der Waals surface area contributed by atoms with Gasteiger partial charge in [-0.25, -0.2) is 0 Å². The van der Waals surface area contributed by atoms with Crippen molar-refractivity contribution in [2.75, 3.05) is 20.1 Å². The summed E-state index contributed by atoms with van der Waals surface area (Å²) < 4.78 is 0. The molecule has 0 amide bonds. The van der Waals surface area contributed by atoms with Gasteiger partial charge in [0.15, 0.2) is 0 Å². The zero-order valence-electron chi connectivity index (χ0n) is 11.3. The summed E-state index contributed by atoms with van der Waals surface area (Å²) in [6.07, 6.45) is 2.55. The first kappa shape index (κ1) is 13.5. The standard InChI is InChI=1S/C15H24N2O/c1-15(18,13-6-4-3-5-7-13)11-17(2)14(10-16)12-8-9-12/h3-7,12,14,18H,8-11,16H2,1-2H3. The van der Waals surface area contributed by atoms with Crippen LogP contribution in [0.15, 0.2) is 30.3 Å². The third-order valence-electron chi connectivity index (χ3n) is 3.93. The number of aliphatic hydroxyl groups is 1. The third kappa shape index (κ3) is 3.10. The molecule has 1 aromatic carbocycles. The second-order valence-electron chi connectivity index (χ2n) is 5.70. The fourth-order valence-electron chi connectivity index (χ4n) is 2.70. The molecule has 1 fully saturated rings. The molecule has 1 aliphatic carbocycles. The van der Waals surface area contributed by atoms with E-state index in [4.69, 9.17) is 5.73 Å². The third-order valence-corrected chi connectivity index (χ3v) is 3.93. The average molecular weight is 248 g/mol. The maximum absolute atomic E-state index is 10.6. The van der Waals surface area contributed by atoms with E-state index in [1.165, 1.54) is 12.8 Å². The van der Waals surface area contributed by atoms with Crippen LogP contribution in [0.3, 0.4) is 0 Å². The van der Waals surface area contributed by atoms with Crippen molar-refractivity contribution >= 4 is 0 Å². The molecule has 1 aromatic rings. The van der Waals surface area contributed by atoms with Gasteiger partial charge in [-0.1, -0.05) is 30.3 Å². The molecule has 3 nitrogen and oxygen atoms in total. The number of hydrogen-bond acceptors (Lipinski definition) is 3. The Kier molecular flexibility index (Phi) is 4.05. The molecule has 0 aliphatic heterocycles. The van der Waals surface area contributed by atoms with Crippen molar-refractivity contribution in [3.8, 4) is 0 Å². The highest BCUT2D eigenvalue weighted by Gasteiger charge is 2.35. The summed E-state index contributed by atoms with van der Waals surface area (Å²) in [7, 11) is 2.06. The molecule has 1 saturated carbocycles. The van der Waals surface area contributed by atoms with Crippen molar-refractivity contribution in [2.45, 2.75) is 31.4 Å². The van der Waals surface area contributed by atoms with Crippen molar-refractivity contribution < 1.29 is 5.11 Å². The molecule has 0 aromatic heterocycles. The van der Waals surface area contributed by atoms with Crippen LogP contribution in [0.1, 0.15) is 25.3 Å². The Morgan fingerprint density at radius 3 is 2.50 bits per heavy atom. The second kappa shape index (κ2) is 5.39. The molecule has 18 heavy (non-hydrogen) atoms. The zero-order chi connectivity index (χ0) is 13.2. The predicted octanol–water partition coefficient (Wildman–Crippen LogP) is 1.56. The second-order valence-corrected chi connectivity index (χ2v) is 5.70. The molecule has 0 radical (unpaired) electrons. The minimum atomic E-state index is -0.821. The van der Waals surface area contributed by atoms with Gasteiger partial charge >= 0.3 is 0 Å². The van der Waals surface area contributed by atoms with Crippen LogP contribution in [-0.4, -0.2) is 36.2 Å². The molecule has 0 saturated heterocycles. The monoisotopic (exact) mass is 248 g/mol. The zero-order valence-corrected chi connectivity index (χ0v) is 11.3. The average Bonchev–Trinajstić information content (AvgIpc) is 3.15. The van der Waals surface area contributed by atoms with Crippen LogP contribution in [0.25, 0.3) is 0 Å². The Morgan fingerprint density at radius 2 is 2.00 bits per heavy atom. The number of likely N-dealkylation sites (N-methyl/N-ethyl adjacent to an activating group) is 1. The number of benzene rings is 1. The van der Waals surface area contributed by atoms with E-state index in [0.717, 1.165) is 11.5 Å². The predicted molar refractivity (Wildman–Crippen MR) is 74.2 cm³/mol. The van der Waals surface area contributed by atoms with Crippen LogP contribution in [0.4, 0.5) is 0 Å². The Morgan fingerprint density at radius 1 is 1.39 bits per heavy atom. The quantitative estimate of drug-likeness (QED) is 0.803. The molecule has 2 unspecified atom stereocenters. The highest BCUT2D eigenvalue weighted by molar-refractivity contribution is 5.21. The number of rotatable bonds is 6. The minimum Gasteiger partial charge on any atom is -0.384 e. The lowest BCUT2D eigenvalue weighted by molar-refractivity contribution is 0.00963. The molecule has 0 heterocycles. The number of nitrogens with zero attached hydrogens (tertiary/aromatic N) is 1. The van der Waals surface area contributed by atoms with Crippen LogP contribution in [0.2, 0.25) is 0 Å². The summed E-state index contributed by atoms with van der Waals surface area (Å²) in [6, 6.07) is 10.2. The molecule has 0 bridgehead atoms. The van der Waals surface area contributed by atoms with Crippen molar-refractivity contribution in [3.05, 3.63) is 35.9 Å². The van der Waals surface area contributed by atoms with Gasteiger partial charge in [-0.05, 0) is 38.3 Å². The Labute approximate surface area is 110 Å². The van der Waals surface area contributed by atoms with Gasteiger partial charge in [0.1, 0.15) is 0 Å². The van der Waals surface area contributed by atoms with Crippen LogP contribution >= 0.6 is 0 Å². The molecule has 2 atom stereocenters. The van der Waals surface area contributed by atoms with Gasteiger partial charge in [-0.15, -0.1) is 0 Å². The fraction of sp³-hybridized carbons (Fsp3) is 0.600. The Hall–Kier alpha value is -0.900. The maximum atomic E-state index is 10.6. The minimum absolute atomic E-state index is 0.403. The smallest absolute Gasteiger partial charge is 0.0994 e. The first-order valence-electron chi connectivity index (χ1n) is 6.73. The summed E-state index contributed by atoms with van der Waals surface area (Å²) in [6.45, 7) is 3.17. The Balaban J connectivity index is 2.02. The van der Waals surface area contributed by atoms with Gasteiger partial charge in [0.05, 0.1) is 5.60 Å². The van der Waals surface area contributed by atoms with E-state index >= 15 is 0 Å². The van der Waals surface area contributed by atoms with Crippen molar-refractivity contribution in [2.24, 2.45) is 11.7 Å². The van der Waals surface area contributed by atoms with E-state index in [2.05, 4.69) is 11.9 Å². The molecule has 3 N–H and O–H groups in total. The lowest BCUT2D eigenvalue weighted by Gasteiger charge is -2.34. The van der Waals surface area contributed by atoms with Gasteiger partial charge in [0, 0.05) is 19.1 Å². The highest BCUT2D eigenvalue weighted by atomic mass is 16.3. The highest BCUT2D eigenvalue weighted by Crippen LogP contribution is 2.35. The van der Waals surface area contributed by atoms with Gasteiger partial charge in [0.25, 0.3) is 0 Å². The summed E-state index contributed by atoms with van der Waals surface area (Å²) in [4.78, 5) is 2.21. The maximum Gasteiger partial charge on any atom is 0.0994 e. The van der Waals surface area contributed by atoms with Crippen LogP contribution in [0.5, 0.6) is 0 Å². The summed E-state index contributed by atoms with van der Waals surface area (Å²) in [5.74, 6) is 0.728. The van der Waals surface area contributed by atoms with Crippen LogP contribution in [0, 0.1) is 5.92 Å². The van der Waals surface area contributed by atoms with Gasteiger partial charge < -0.3 is 10.8 Å².